The van der Waals surface area contributed by atoms with Crippen molar-refractivity contribution < 1.29 is 31.9 Å². The first-order chi connectivity index (χ1) is 19.3. The zero-order valence-electron chi connectivity index (χ0n) is 21.6. The van der Waals surface area contributed by atoms with Gasteiger partial charge in [-0.3, -0.25) is 9.59 Å². The van der Waals surface area contributed by atoms with E-state index < -0.39 is 28.5 Å². The normalized spacial score (nSPS) is 14.1. The highest BCUT2D eigenvalue weighted by Gasteiger charge is 2.26. The van der Waals surface area contributed by atoms with E-state index in [0.717, 1.165) is 0 Å². The van der Waals surface area contributed by atoms with E-state index in [1.54, 1.807) is 25.1 Å². The van der Waals surface area contributed by atoms with Crippen LogP contribution in [0.3, 0.4) is 0 Å². The molecule has 1 aromatic heterocycles. The zero-order chi connectivity index (χ0) is 28.3. The largest absolute Gasteiger partial charge is 0.455 e. The number of nitrogens with zero attached hydrogens (tertiary/aromatic N) is 1. The van der Waals surface area contributed by atoms with Crippen molar-refractivity contribution in [1.82, 2.24) is 4.31 Å². The number of nitrogens with one attached hydrogen (secondary N) is 1. The number of carbonyl (C=O) groups is 2. The Balaban J connectivity index is 1.31. The van der Waals surface area contributed by atoms with E-state index in [1.165, 1.54) is 40.7 Å². The van der Waals surface area contributed by atoms with E-state index in [4.69, 9.17) is 13.9 Å². The lowest BCUT2D eigenvalue weighted by molar-refractivity contribution is -0.119. The van der Waals surface area contributed by atoms with Gasteiger partial charge in [0.1, 0.15) is 11.3 Å². The summed E-state index contributed by atoms with van der Waals surface area (Å²) >= 11 is 0. The maximum Gasteiger partial charge on any atom is 0.342 e. The van der Waals surface area contributed by atoms with Crippen LogP contribution in [-0.4, -0.2) is 57.5 Å². The Kier molecular flexibility index (Phi) is 7.78. The van der Waals surface area contributed by atoms with Crippen LogP contribution in [0.25, 0.3) is 22.3 Å². The summed E-state index contributed by atoms with van der Waals surface area (Å²) in [6.45, 7) is 2.13. The monoisotopic (exact) mass is 562 g/mol. The Morgan fingerprint density at radius 1 is 0.975 bits per heavy atom. The number of para-hydroxylation sites is 1. The zero-order valence-corrected chi connectivity index (χ0v) is 22.4. The Bertz CT molecular complexity index is 1740. The molecule has 1 amide bonds. The van der Waals surface area contributed by atoms with Crippen LogP contribution >= 0.6 is 0 Å². The molecule has 10 nitrogen and oxygen atoms in total. The quantitative estimate of drug-likeness (QED) is 0.338. The lowest BCUT2D eigenvalue weighted by atomic mass is 10.0. The number of ether oxygens (including phenoxy) is 2. The van der Waals surface area contributed by atoms with E-state index >= 15 is 0 Å². The van der Waals surface area contributed by atoms with Crippen LogP contribution in [0.1, 0.15) is 15.9 Å². The summed E-state index contributed by atoms with van der Waals surface area (Å²) in [7, 11) is -3.75. The molecule has 4 aromatic rings. The summed E-state index contributed by atoms with van der Waals surface area (Å²) in [5, 5.41) is 2.77. The molecule has 1 aliphatic heterocycles. The van der Waals surface area contributed by atoms with E-state index in [2.05, 4.69) is 5.32 Å². The second-order valence-electron chi connectivity index (χ2n) is 9.10. The molecule has 0 unspecified atom stereocenters. The van der Waals surface area contributed by atoms with Crippen molar-refractivity contribution >= 4 is 38.6 Å². The first kappa shape index (κ1) is 27.3. The fourth-order valence-electron chi connectivity index (χ4n) is 4.41. The topological polar surface area (TPSA) is 132 Å². The minimum Gasteiger partial charge on any atom is -0.455 e. The number of hydrogen-bond donors (Lipinski definition) is 1. The van der Waals surface area contributed by atoms with Gasteiger partial charge in [-0.15, -0.1) is 0 Å². The molecule has 0 saturated carbocycles. The SMILES string of the molecule is Cc1c(-c2ccccc2)oc2c(C(=O)OCC(=O)Nc3cccc(S(=O)(=O)N4CCOCC4)c3)cccc2c1=O. The summed E-state index contributed by atoms with van der Waals surface area (Å²) in [5.74, 6) is -1.19. The van der Waals surface area contributed by atoms with Crippen LogP contribution < -0.4 is 10.7 Å². The molecule has 206 valence electrons. The molecule has 1 aliphatic rings. The third-order valence-corrected chi connectivity index (χ3v) is 8.36. The van der Waals surface area contributed by atoms with Crippen molar-refractivity contribution in [1.29, 1.82) is 0 Å². The van der Waals surface area contributed by atoms with E-state index in [0.29, 0.717) is 30.1 Å². The predicted octanol–water partition coefficient (Wildman–Crippen LogP) is 3.58. The van der Waals surface area contributed by atoms with Crippen LogP contribution in [0.2, 0.25) is 0 Å². The summed E-state index contributed by atoms with van der Waals surface area (Å²) in [6, 6.07) is 19.4. The molecule has 40 heavy (non-hydrogen) atoms. The number of benzene rings is 3. The summed E-state index contributed by atoms with van der Waals surface area (Å²) in [5.41, 5.74) is 1.09. The maximum atomic E-state index is 13.0. The third-order valence-electron chi connectivity index (χ3n) is 6.46. The Morgan fingerprint density at radius 2 is 1.70 bits per heavy atom. The third kappa shape index (κ3) is 5.53. The van der Waals surface area contributed by atoms with Gasteiger partial charge in [0, 0.05) is 29.9 Å². The van der Waals surface area contributed by atoms with Gasteiger partial charge in [-0.2, -0.15) is 4.31 Å². The average molecular weight is 563 g/mol. The Hall–Kier alpha value is -4.32. The van der Waals surface area contributed by atoms with Crippen molar-refractivity contribution in [2.45, 2.75) is 11.8 Å². The number of sulfonamides is 1. The highest BCUT2D eigenvalue weighted by atomic mass is 32.2. The molecule has 0 spiro atoms. The van der Waals surface area contributed by atoms with Gasteiger partial charge in [-0.25, -0.2) is 13.2 Å². The number of esters is 1. The van der Waals surface area contributed by atoms with Gasteiger partial charge >= 0.3 is 5.97 Å². The Labute approximate surface area is 230 Å². The lowest BCUT2D eigenvalue weighted by Gasteiger charge is -2.26. The fourth-order valence-corrected chi connectivity index (χ4v) is 5.87. The van der Waals surface area contributed by atoms with Gasteiger partial charge in [0.2, 0.25) is 10.0 Å². The van der Waals surface area contributed by atoms with Gasteiger partial charge in [0.15, 0.2) is 17.6 Å². The van der Waals surface area contributed by atoms with Gasteiger partial charge in [0.05, 0.1) is 23.5 Å². The summed E-state index contributed by atoms with van der Waals surface area (Å²) < 4.78 is 43.7. The van der Waals surface area contributed by atoms with Gasteiger partial charge in [0.25, 0.3) is 5.91 Å². The van der Waals surface area contributed by atoms with Gasteiger partial charge in [-0.1, -0.05) is 42.5 Å². The maximum absolute atomic E-state index is 13.0. The first-order valence-electron chi connectivity index (χ1n) is 12.5. The van der Waals surface area contributed by atoms with Crippen molar-refractivity contribution in [2.75, 3.05) is 38.2 Å². The van der Waals surface area contributed by atoms with Gasteiger partial charge in [-0.05, 0) is 37.3 Å². The average Bonchev–Trinajstić information content (AvgIpc) is 2.98. The number of carbonyl (C=O) groups excluding carboxylic acids is 2. The number of hydrogen-bond acceptors (Lipinski definition) is 8. The summed E-state index contributed by atoms with van der Waals surface area (Å²) in [6.07, 6.45) is 0. The van der Waals surface area contributed by atoms with Crippen molar-refractivity contribution in [3.8, 4) is 11.3 Å². The molecule has 1 saturated heterocycles. The number of anilines is 1. The number of morpholine rings is 1. The molecule has 0 aliphatic carbocycles. The van der Waals surface area contributed by atoms with Crippen LogP contribution in [0.15, 0.2) is 86.9 Å². The first-order valence-corrected chi connectivity index (χ1v) is 14.0. The second-order valence-corrected chi connectivity index (χ2v) is 11.0. The Morgan fingerprint density at radius 3 is 2.45 bits per heavy atom. The van der Waals surface area contributed by atoms with Crippen molar-refractivity contribution in [3.05, 3.63) is 94.1 Å². The van der Waals surface area contributed by atoms with Crippen LogP contribution in [0, 0.1) is 6.92 Å². The highest BCUT2D eigenvalue weighted by molar-refractivity contribution is 7.89. The minimum absolute atomic E-state index is 0.00168. The minimum atomic E-state index is -3.75. The highest BCUT2D eigenvalue weighted by Crippen LogP contribution is 2.27. The smallest absolute Gasteiger partial charge is 0.342 e. The number of rotatable bonds is 7. The molecule has 0 radical (unpaired) electrons. The molecular weight excluding hydrogens is 536 g/mol. The molecule has 0 atom stereocenters. The molecular formula is C29H26N2O8S. The predicted molar refractivity (Wildman–Crippen MR) is 148 cm³/mol. The molecule has 1 N–H and O–H groups in total. The molecule has 3 aromatic carbocycles. The van der Waals surface area contributed by atoms with Crippen LogP contribution in [0.4, 0.5) is 5.69 Å². The number of amides is 1. The van der Waals surface area contributed by atoms with Gasteiger partial charge < -0.3 is 19.2 Å². The van der Waals surface area contributed by atoms with E-state index in [1.807, 2.05) is 18.2 Å². The fraction of sp³-hybridized carbons (Fsp3) is 0.207. The van der Waals surface area contributed by atoms with Crippen LogP contribution in [-0.2, 0) is 24.3 Å². The summed E-state index contributed by atoms with van der Waals surface area (Å²) in [4.78, 5) is 38.6. The molecule has 5 rings (SSSR count). The number of fused-ring (bicyclic) bond motifs is 1. The van der Waals surface area contributed by atoms with E-state index in [9.17, 15) is 22.8 Å². The second kappa shape index (κ2) is 11.4. The van der Waals surface area contributed by atoms with Crippen molar-refractivity contribution in [2.24, 2.45) is 0 Å². The van der Waals surface area contributed by atoms with Crippen molar-refractivity contribution in [3.63, 3.8) is 0 Å². The molecule has 1 fully saturated rings. The lowest BCUT2D eigenvalue weighted by Crippen LogP contribution is -2.40. The van der Waals surface area contributed by atoms with E-state index in [-0.39, 0.29) is 45.6 Å². The standard InChI is InChI=1S/C29H26N2O8S/c1-19-26(33)23-11-6-12-24(28(23)39-27(19)20-7-3-2-4-8-20)29(34)38-18-25(32)30-21-9-5-10-22(17-21)40(35,36)31-13-15-37-16-14-31/h2-12,17H,13-16,18H2,1H3,(H,30,32). The molecule has 0 bridgehead atoms. The molecule has 2 heterocycles. The van der Waals surface area contributed by atoms with Crippen LogP contribution in [0.5, 0.6) is 0 Å². The molecule has 11 heteroatoms.